The molecule has 0 fully saturated rings. The van der Waals surface area contributed by atoms with Crippen molar-refractivity contribution in [1.82, 2.24) is 14.8 Å². The van der Waals surface area contributed by atoms with E-state index in [1.54, 1.807) is 0 Å². The number of aryl methyl sites for hydroxylation is 1. The molecule has 0 aromatic carbocycles. The fourth-order valence-electron chi connectivity index (χ4n) is 1.56. The van der Waals surface area contributed by atoms with Gasteiger partial charge in [0.25, 0.3) is 0 Å². The molecule has 0 spiro atoms. The number of fused-ring (bicyclic) bond motifs is 1. The summed E-state index contributed by atoms with van der Waals surface area (Å²) < 4.78 is 1.81. The van der Waals surface area contributed by atoms with Crippen molar-refractivity contribution < 1.29 is 0 Å². The molecule has 2 aromatic heterocycles. The maximum atomic E-state index is 4.26. The van der Waals surface area contributed by atoms with Crippen LogP contribution in [0, 0.1) is 0 Å². The minimum absolute atomic E-state index is 0.523. The van der Waals surface area contributed by atoms with E-state index in [1.807, 2.05) is 24.1 Å². The van der Waals surface area contributed by atoms with E-state index in [0.29, 0.717) is 5.92 Å². The zero-order chi connectivity index (χ0) is 9.42. The Morgan fingerprint density at radius 2 is 2.15 bits per heavy atom. The molecule has 2 aromatic rings. The van der Waals surface area contributed by atoms with Crippen LogP contribution in [0.1, 0.15) is 25.3 Å². The summed E-state index contributed by atoms with van der Waals surface area (Å²) in [5.41, 5.74) is 2.16. The van der Waals surface area contributed by atoms with Crippen molar-refractivity contribution in [3.8, 4) is 0 Å². The topological polar surface area (TPSA) is 30.7 Å². The maximum absolute atomic E-state index is 4.26. The van der Waals surface area contributed by atoms with Crippen LogP contribution in [0.4, 0.5) is 0 Å². The lowest BCUT2D eigenvalue weighted by Gasteiger charge is -2.04. The largest absolute Gasteiger partial charge is 0.273 e. The minimum atomic E-state index is 0.523. The second kappa shape index (κ2) is 2.83. The molecule has 13 heavy (non-hydrogen) atoms. The first kappa shape index (κ1) is 8.23. The molecule has 0 N–H and O–H groups in total. The van der Waals surface area contributed by atoms with Gasteiger partial charge in [-0.05, 0) is 17.5 Å². The number of rotatable bonds is 1. The molecule has 0 aliphatic rings. The molecule has 2 heterocycles. The van der Waals surface area contributed by atoms with Gasteiger partial charge in [-0.15, -0.1) is 0 Å². The molecule has 3 heteroatoms. The van der Waals surface area contributed by atoms with Crippen LogP contribution in [-0.2, 0) is 7.05 Å². The van der Waals surface area contributed by atoms with Gasteiger partial charge in [0, 0.05) is 24.8 Å². The molecule has 0 unspecified atom stereocenters. The Morgan fingerprint density at radius 3 is 2.85 bits per heavy atom. The highest BCUT2D eigenvalue weighted by molar-refractivity contribution is 5.78. The molecule has 2 rings (SSSR count). The monoisotopic (exact) mass is 175 g/mol. The van der Waals surface area contributed by atoms with Crippen molar-refractivity contribution >= 4 is 11.0 Å². The van der Waals surface area contributed by atoms with Crippen molar-refractivity contribution in [2.24, 2.45) is 7.05 Å². The molecule has 3 nitrogen and oxygen atoms in total. The number of hydrogen-bond acceptors (Lipinski definition) is 2. The highest BCUT2D eigenvalue weighted by atomic mass is 15.3. The molecule has 0 amide bonds. The van der Waals surface area contributed by atoms with Gasteiger partial charge in [-0.2, -0.15) is 5.10 Å². The summed E-state index contributed by atoms with van der Waals surface area (Å²) in [6.07, 6.45) is 3.85. The van der Waals surface area contributed by atoms with E-state index in [9.17, 15) is 0 Å². The zero-order valence-corrected chi connectivity index (χ0v) is 8.15. The summed E-state index contributed by atoms with van der Waals surface area (Å²) in [6, 6.07) is 2.06. The Labute approximate surface area is 77.4 Å². The van der Waals surface area contributed by atoms with Gasteiger partial charge in [0.1, 0.15) is 0 Å². The first-order valence-electron chi connectivity index (χ1n) is 4.46. The van der Waals surface area contributed by atoms with Gasteiger partial charge in [0.15, 0.2) is 5.65 Å². The van der Waals surface area contributed by atoms with E-state index in [0.717, 1.165) is 5.65 Å². The maximum Gasteiger partial charge on any atom is 0.181 e. The number of nitrogens with zero attached hydrogens (tertiary/aromatic N) is 3. The first-order valence-corrected chi connectivity index (χ1v) is 4.46. The predicted molar refractivity (Wildman–Crippen MR) is 52.6 cm³/mol. The highest BCUT2D eigenvalue weighted by Gasteiger charge is 2.07. The van der Waals surface area contributed by atoms with Crippen LogP contribution >= 0.6 is 0 Å². The van der Waals surface area contributed by atoms with Crippen molar-refractivity contribution in [2.45, 2.75) is 19.8 Å². The third-order valence-corrected chi connectivity index (χ3v) is 2.19. The lowest BCUT2D eigenvalue weighted by molar-refractivity contribution is 0.775. The van der Waals surface area contributed by atoms with Crippen LogP contribution in [0.2, 0.25) is 0 Å². The summed E-state index contributed by atoms with van der Waals surface area (Å²) in [4.78, 5) is 4.21. The molecule has 0 aliphatic heterocycles. The Morgan fingerprint density at radius 1 is 1.38 bits per heavy atom. The molecule has 68 valence electrons. The second-order valence-electron chi connectivity index (χ2n) is 3.59. The van der Waals surface area contributed by atoms with Crippen molar-refractivity contribution in [3.63, 3.8) is 0 Å². The van der Waals surface area contributed by atoms with Gasteiger partial charge in [-0.25, -0.2) is 4.98 Å². The Bertz CT molecular complexity index is 429. The summed E-state index contributed by atoms with van der Waals surface area (Å²) in [5, 5.41) is 5.43. The van der Waals surface area contributed by atoms with Crippen molar-refractivity contribution in [3.05, 3.63) is 24.0 Å². The average molecular weight is 175 g/mol. The van der Waals surface area contributed by atoms with Crippen LogP contribution in [0.15, 0.2) is 18.5 Å². The number of aromatic nitrogens is 3. The van der Waals surface area contributed by atoms with Gasteiger partial charge >= 0.3 is 0 Å². The Kier molecular flexibility index (Phi) is 1.79. The summed E-state index contributed by atoms with van der Waals surface area (Å²) >= 11 is 0. The standard InChI is InChI=1S/C10H13N3/c1-7(2)8-4-5-11-10-9(8)6-13(3)12-10/h4-7H,1-3H3. The van der Waals surface area contributed by atoms with E-state index in [-0.39, 0.29) is 0 Å². The Balaban J connectivity index is 2.75. The van der Waals surface area contributed by atoms with Crippen LogP contribution in [0.5, 0.6) is 0 Å². The summed E-state index contributed by atoms with van der Waals surface area (Å²) in [5.74, 6) is 0.523. The van der Waals surface area contributed by atoms with E-state index in [2.05, 4.69) is 30.0 Å². The molecule has 0 saturated carbocycles. The van der Waals surface area contributed by atoms with E-state index in [4.69, 9.17) is 0 Å². The third-order valence-electron chi connectivity index (χ3n) is 2.19. The molecule has 0 atom stereocenters. The predicted octanol–water partition coefficient (Wildman–Crippen LogP) is 2.09. The van der Waals surface area contributed by atoms with Gasteiger partial charge in [-0.3, -0.25) is 4.68 Å². The summed E-state index contributed by atoms with van der Waals surface area (Å²) in [6.45, 7) is 4.36. The van der Waals surface area contributed by atoms with Crippen molar-refractivity contribution in [2.75, 3.05) is 0 Å². The average Bonchev–Trinajstić information content (AvgIpc) is 2.43. The van der Waals surface area contributed by atoms with Gasteiger partial charge < -0.3 is 0 Å². The smallest absolute Gasteiger partial charge is 0.181 e. The molecule has 0 radical (unpaired) electrons. The lowest BCUT2D eigenvalue weighted by Crippen LogP contribution is -1.88. The fourth-order valence-corrected chi connectivity index (χ4v) is 1.56. The quantitative estimate of drug-likeness (QED) is 0.664. The molecule has 0 bridgehead atoms. The Hall–Kier alpha value is -1.38. The molecular formula is C10H13N3. The van der Waals surface area contributed by atoms with Gasteiger partial charge in [0.05, 0.1) is 0 Å². The van der Waals surface area contributed by atoms with Crippen LogP contribution in [0.25, 0.3) is 11.0 Å². The zero-order valence-electron chi connectivity index (χ0n) is 8.15. The lowest BCUT2D eigenvalue weighted by atomic mass is 10.0. The highest BCUT2D eigenvalue weighted by Crippen LogP contribution is 2.22. The van der Waals surface area contributed by atoms with Gasteiger partial charge in [0.2, 0.25) is 0 Å². The number of hydrogen-bond donors (Lipinski definition) is 0. The second-order valence-corrected chi connectivity index (χ2v) is 3.59. The van der Waals surface area contributed by atoms with E-state index in [1.165, 1.54) is 10.9 Å². The van der Waals surface area contributed by atoms with Crippen LogP contribution in [0.3, 0.4) is 0 Å². The van der Waals surface area contributed by atoms with Crippen molar-refractivity contribution in [1.29, 1.82) is 0 Å². The molecule has 0 aliphatic carbocycles. The first-order chi connectivity index (χ1) is 6.18. The fraction of sp³-hybridized carbons (Fsp3) is 0.400. The molecule has 0 saturated heterocycles. The van der Waals surface area contributed by atoms with Crippen LogP contribution < -0.4 is 0 Å². The third kappa shape index (κ3) is 1.30. The van der Waals surface area contributed by atoms with E-state index >= 15 is 0 Å². The number of pyridine rings is 1. The SMILES string of the molecule is CC(C)c1ccnc2nn(C)cc12. The van der Waals surface area contributed by atoms with E-state index < -0.39 is 0 Å². The molecular weight excluding hydrogens is 162 g/mol. The normalized spacial score (nSPS) is 11.4. The summed E-state index contributed by atoms with van der Waals surface area (Å²) in [7, 11) is 1.92. The van der Waals surface area contributed by atoms with Crippen LogP contribution in [-0.4, -0.2) is 14.8 Å². The van der Waals surface area contributed by atoms with Gasteiger partial charge in [-0.1, -0.05) is 13.8 Å². The minimum Gasteiger partial charge on any atom is -0.273 e.